The molecule has 0 radical (unpaired) electrons. The minimum atomic E-state index is -0.316. The molecule has 5 nitrogen and oxygen atoms in total. The van der Waals surface area contributed by atoms with Crippen LogP contribution in [0, 0.1) is 0 Å². The summed E-state index contributed by atoms with van der Waals surface area (Å²) in [5, 5.41) is 6.10. The van der Waals surface area contributed by atoms with Gasteiger partial charge in [0.1, 0.15) is 11.9 Å². The van der Waals surface area contributed by atoms with Crippen LogP contribution in [0.1, 0.15) is 39.0 Å². The molecule has 1 aromatic rings. The van der Waals surface area contributed by atoms with E-state index in [4.69, 9.17) is 4.74 Å². The quantitative estimate of drug-likeness (QED) is 0.752. The van der Waals surface area contributed by atoms with Crippen LogP contribution in [0.5, 0.6) is 0 Å². The highest BCUT2D eigenvalue weighted by molar-refractivity contribution is 5.93. The molecule has 0 aliphatic carbocycles. The highest BCUT2D eigenvalue weighted by Crippen LogP contribution is 2.15. The van der Waals surface area contributed by atoms with Crippen LogP contribution in [0.3, 0.4) is 0 Å². The van der Waals surface area contributed by atoms with Crippen LogP contribution >= 0.6 is 0 Å². The largest absolute Gasteiger partial charge is 0.384 e. The monoisotopic (exact) mass is 277 g/mol. The Morgan fingerprint density at radius 3 is 3.00 bits per heavy atom. The van der Waals surface area contributed by atoms with Crippen LogP contribution in [-0.4, -0.2) is 30.1 Å². The summed E-state index contributed by atoms with van der Waals surface area (Å²) in [4.78, 5) is 16.1. The molecular weight excluding hydrogens is 254 g/mol. The highest BCUT2D eigenvalue weighted by atomic mass is 16.5. The Balaban J connectivity index is 1.77. The van der Waals surface area contributed by atoms with Crippen LogP contribution in [0.2, 0.25) is 0 Å². The first-order valence-corrected chi connectivity index (χ1v) is 7.42. The number of nitrogens with one attached hydrogen (secondary N) is 2. The van der Waals surface area contributed by atoms with Crippen LogP contribution in [0.15, 0.2) is 18.3 Å². The van der Waals surface area contributed by atoms with E-state index < -0.39 is 0 Å². The van der Waals surface area contributed by atoms with E-state index in [-0.39, 0.29) is 12.0 Å². The van der Waals surface area contributed by atoms with Gasteiger partial charge in [-0.25, -0.2) is 4.98 Å². The molecule has 1 aliphatic rings. The zero-order valence-corrected chi connectivity index (χ0v) is 12.0. The minimum Gasteiger partial charge on any atom is -0.384 e. The minimum absolute atomic E-state index is 0.0985. The topological polar surface area (TPSA) is 63.2 Å². The van der Waals surface area contributed by atoms with E-state index in [0.29, 0.717) is 12.4 Å². The molecular formula is C15H23N3O2. The lowest BCUT2D eigenvalue weighted by atomic mass is 10.2. The zero-order valence-electron chi connectivity index (χ0n) is 12.0. The second-order valence-electron chi connectivity index (χ2n) is 5.06. The van der Waals surface area contributed by atoms with Crippen molar-refractivity contribution in [3.8, 4) is 0 Å². The molecule has 1 aliphatic heterocycles. The van der Waals surface area contributed by atoms with Crippen molar-refractivity contribution in [1.82, 2.24) is 4.98 Å². The average Bonchev–Trinajstić information content (AvgIpc) is 3.00. The number of rotatable bonds is 7. The molecule has 110 valence electrons. The molecule has 0 spiro atoms. The van der Waals surface area contributed by atoms with Gasteiger partial charge in [0.15, 0.2) is 0 Å². The predicted octanol–water partition coefficient (Wildman–Crippen LogP) is 2.80. The van der Waals surface area contributed by atoms with Gasteiger partial charge in [0.05, 0.1) is 11.9 Å². The summed E-state index contributed by atoms with van der Waals surface area (Å²) in [6.07, 6.45) is 6.79. The fraction of sp³-hybridized carbons (Fsp3) is 0.600. The Morgan fingerprint density at radius 1 is 1.45 bits per heavy atom. The van der Waals surface area contributed by atoms with Gasteiger partial charge in [0, 0.05) is 13.2 Å². The molecule has 0 bridgehead atoms. The summed E-state index contributed by atoms with van der Waals surface area (Å²) in [5.41, 5.74) is 0.983. The number of ether oxygens (including phenoxy) is 1. The Morgan fingerprint density at radius 2 is 2.35 bits per heavy atom. The number of hydrogen-bond donors (Lipinski definition) is 2. The van der Waals surface area contributed by atoms with E-state index in [9.17, 15) is 4.79 Å². The standard InChI is InChI=1S/C15H23N3O2/c1-2-3-4-9-16-12-7-8-14(17-11-12)18-15(19)13-6-5-10-20-13/h7-8,11,13,16H,2-6,9-10H2,1H3,(H,17,18,19). The third-order valence-electron chi connectivity index (χ3n) is 3.35. The van der Waals surface area contributed by atoms with Gasteiger partial charge in [-0.1, -0.05) is 19.8 Å². The van der Waals surface area contributed by atoms with E-state index in [1.165, 1.54) is 12.8 Å². The summed E-state index contributed by atoms with van der Waals surface area (Å²) >= 11 is 0. The summed E-state index contributed by atoms with van der Waals surface area (Å²) in [5.74, 6) is 0.475. The normalized spacial score (nSPS) is 17.9. The molecule has 2 N–H and O–H groups in total. The highest BCUT2D eigenvalue weighted by Gasteiger charge is 2.23. The Bertz CT molecular complexity index is 414. The van der Waals surface area contributed by atoms with Gasteiger partial charge in [-0.05, 0) is 31.4 Å². The number of unbranched alkanes of at least 4 members (excludes halogenated alkanes) is 2. The first kappa shape index (κ1) is 14.8. The van der Waals surface area contributed by atoms with Crippen molar-refractivity contribution in [2.75, 3.05) is 23.8 Å². The summed E-state index contributed by atoms with van der Waals surface area (Å²) in [6.45, 7) is 3.82. The van der Waals surface area contributed by atoms with Gasteiger partial charge in [-0.2, -0.15) is 0 Å². The molecule has 0 aromatic carbocycles. The smallest absolute Gasteiger partial charge is 0.254 e. The SMILES string of the molecule is CCCCCNc1ccc(NC(=O)C2CCCO2)nc1. The van der Waals surface area contributed by atoms with E-state index in [2.05, 4.69) is 22.5 Å². The van der Waals surface area contributed by atoms with E-state index in [0.717, 1.165) is 31.5 Å². The van der Waals surface area contributed by atoms with E-state index in [1.54, 1.807) is 6.20 Å². The fourth-order valence-corrected chi connectivity index (χ4v) is 2.17. The summed E-state index contributed by atoms with van der Waals surface area (Å²) < 4.78 is 5.33. The van der Waals surface area contributed by atoms with Crippen molar-refractivity contribution in [2.45, 2.75) is 45.1 Å². The van der Waals surface area contributed by atoms with Crippen LogP contribution < -0.4 is 10.6 Å². The molecule has 0 saturated carbocycles. The number of pyridine rings is 1. The second-order valence-corrected chi connectivity index (χ2v) is 5.06. The summed E-state index contributed by atoms with van der Waals surface area (Å²) in [6, 6.07) is 3.75. The molecule has 1 amide bonds. The maximum Gasteiger partial charge on any atom is 0.254 e. The number of amides is 1. The Hall–Kier alpha value is -1.62. The third-order valence-corrected chi connectivity index (χ3v) is 3.35. The van der Waals surface area contributed by atoms with Crippen LogP contribution in [0.25, 0.3) is 0 Å². The molecule has 2 rings (SSSR count). The number of carbonyl (C=O) groups is 1. The maximum absolute atomic E-state index is 11.9. The predicted molar refractivity (Wildman–Crippen MR) is 79.9 cm³/mol. The molecule has 20 heavy (non-hydrogen) atoms. The van der Waals surface area contributed by atoms with Gasteiger partial charge in [-0.15, -0.1) is 0 Å². The molecule has 1 saturated heterocycles. The van der Waals surface area contributed by atoms with Gasteiger partial charge >= 0.3 is 0 Å². The number of carbonyl (C=O) groups excluding carboxylic acids is 1. The van der Waals surface area contributed by atoms with Gasteiger partial charge < -0.3 is 15.4 Å². The number of hydrogen-bond acceptors (Lipinski definition) is 4. The number of anilines is 2. The summed E-state index contributed by atoms with van der Waals surface area (Å²) in [7, 11) is 0. The average molecular weight is 277 g/mol. The lowest BCUT2D eigenvalue weighted by molar-refractivity contribution is -0.124. The van der Waals surface area contributed by atoms with Gasteiger partial charge in [-0.3, -0.25) is 4.79 Å². The van der Waals surface area contributed by atoms with Gasteiger partial charge in [0.25, 0.3) is 5.91 Å². The Kier molecular flexibility index (Phi) is 5.80. The Labute approximate surface area is 120 Å². The van der Waals surface area contributed by atoms with Crippen molar-refractivity contribution in [1.29, 1.82) is 0 Å². The van der Waals surface area contributed by atoms with Crippen LogP contribution in [0.4, 0.5) is 11.5 Å². The first-order valence-electron chi connectivity index (χ1n) is 7.42. The molecule has 2 heterocycles. The van der Waals surface area contributed by atoms with Crippen molar-refractivity contribution in [2.24, 2.45) is 0 Å². The van der Waals surface area contributed by atoms with Gasteiger partial charge in [0.2, 0.25) is 0 Å². The third kappa shape index (κ3) is 4.49. The first-order chi connectivity index (χ1) is 9.79. The maximum atomic E-state index is 11.9. The number of nitrogens with zero attached hydrogens (tertiary/aromatic N) is 1. The van der Waals surface area contributed by atoms with Crippen molar-refractivity contribution < 1.29 is 9.53 Å². The van der Waals surface area contributed by atoms with E-state index >= 15 is 0 Å². The van der Waals surface area contributed by atoms with Crippen molar-refractivity contribution in [3.63, 3.8) is 0 Å². The van der Waals surface area contributed by atoms with Crippen molar-refractivity contribution >= 4 is 17.4 Å². The van der Waals surface area contributed by atoms with Crippen molar-refractivity contribution in [3.05, 3.63) is 18.3 Å². The lowest BCUT2D eigenvalue weighted by Gasteiger charge is -2.10. The van der Waals surface area contributed by atoms with Crippen LogP contribution in [-0.2, 0) is 9.53 Å². The lowest BCUT2D eigenvalue weighted by Crippen LogP contribution is -2.27. The molecule has 5 heteroatoms. The zero-order chi connectivity index (χ0) is 14.2. The second kappa shape index (κ2) is 7.85. The van der Waals surface area contributed by atoms with E-state index in [1.807, 2.05) is 12.1 Å². The molecule has 1 atom stereocenters. The molecule has 1 unspecified atom stereocenters. The number of aromatic nitrogens is 1. The molecule has 1 aromatic heterocycles. The molecule has 1 fully saturated rings. The fourth-order valence-electron chi connectivity index (χ4n) is 2.17.